The van der Waals surface area contributed by atoms with Crippen molar-refractivity contribution in [3.8, 4) is 0 Å². The highest BCUT2D eigenvalue weighted by molar-refractivity contribution is 5.89. The summed E-state index contributed by atoms with van der Waals surface area (Å²) in [6.45, 7) is 5.51. The Morgan fingerprint density at radius 3 is 2.53 bits per heavy atom. The summed E-state index contributed by atoms with van der Waals surface area (Å²) in [5, 5.41) is 11.7. The van der Waals surface area contributed by atoms with Crippen LogP contribution >= 0.6 is 0 Å². The highest BCUT2D eigenvalue weighted by Gasteiger charge is 2.54. The SMILES string of the molecule is CCC1(C)CC1C(=O)NC(C)(COC)C(=O)O. The number of carbonyl (C=O) groups is 2. The van der Waals surface area contributed by atoms with Gasteiger partial charge in [-0.1, -0.05) is 13.8 Å². The predicted octanol–water partition coefficient (Wildman–Crippen LogP) is 1.03. The number of aliphatic carboxylic acids is 1. The molecule has 0 radical (unpaired) electrons. The molecule has 3 unspecified atom stereocenters. The maximum absolute atomic E-state index is 11.9. The molecule has 0 spiro atoms. The summed E-state index contributed by atoms with van der Waals surface area (Å²) in [6, 6.07) is 0. The summed E-state index contributed by atoms with van der Waals surface area (Å²) in [6.07, 6.45) is 1.76. The summed E-state index contributed by atoms with van der Waals surface area (Å²) < 4.78 is 4.85. The molecule has 0 aliphatic heterocycles. The zero-order chi connectivity index (χ0) is 13.3. The molecule has 98 valence electrons. The van der Waals surface area contributed by atoms with Crippen LogP contribution in [0.1, 0.15) is 33.6 Å². The van der Waals surface area contributed by atoms with Crippen molar-refractivity contribution >= 4 is 11.9 Å². The number of rotatable bonds is 6. The predicted molar refractivity (Wildman–Crippen MR) is 62.6 cm³/mol. The van der Waals surface area contributed by atoms with E-state index >= 15 is 0 Å². The number of carbonyl (C=O) groups excluding carboxylic acids is 1. The number of hydrogen-bond donors (Lipinski definition) is 2. The average molecular weight is 243 g/mol. The molecule has 3 atom stereocenters. The Hall–Kier alpha value is -1.10. The van der Waals surface area contributed by atoms with Gasteiger partial charge in [0.1, 0.15) is 0 Å². The fraction of sp³-hybridized carbons (Fsp3) is 0.833. The van der Waals surface area contributed by atoms with Crippen molar-refractivity contribution in [2.45, 2.75) is 39.2 Å². The third-order valence-electron chi connectivity index (χ3n) is 3.78. The summed E-state index contributed by atoms with van der Waals surface area (Å²) in [7, 11) is 1.42. The molecule has 5 heteroatoms. The van der Waals surface area contributed by atoms with Gasteiger partial charge in [-0.05, 0) is 25.2 Å². The van der Waals surface area contributed by atoms with Crippen molar-refractivity contribution in [2.24, 2.45) is 11.3 Å². The van der Waals surface area contributed by atoms with Crippen molar-refractivity contribution < 1.29 is 19.4 Å². The first-order chi connectivity index (χ1) is 7.79. The molecule has 0 heterocycles. The van der Waals surface area contributed by atoms with E-state index in [0.29, 0.717) is 0 Å². The number of hydrogen-bond acceptors (Lipinski definition) is 3. The minimum absolute atomic E-state index is 0.0381. The molecule has 0 saturated heterocycles. The second-order valence-corrected chi connectivity index (χ2v) is 5.32. The monoisotopic (exact) mass is 243 g/mol. The van der Waals surface area contributed by atoms with E-state index < -0.39 is 11.5 Å². The van der Waals surface area contributed by atoms with Crippen LogP contribution in [-0.2, 0) is 14.3 Å². The summed E-state index contributed by atoms with van der Waals surface area (Å²) >= 11 is 0. The lowest BCUT2D eigenvalue weighted by Crippen LogP contribution is -2.56. The van der Waals surface area contributed by atoms with Crippen molar-refractivity contribution in [3.63, 3.8) is 0 Å². The van der Waals surface area contributed by atoms with Crippen LogP contribution in [0.2, 0.25) is 0 Å². The molecular weight excluding hydrogens is 222 g/mol. The Morgan fingerprint density at radius 2 is 2.18 bits per heavy atom. The zero-order valence-electron chi connectivity index (χ0n) is 10.9. The normalized spacial score (nSPS) is 30.5. The number of ether oxygens (including phenoxy) is 1. The Bertz CT molecular complexity index is 330. The van der Waals surface area contributed by atoms with E-state index in [2.05, 4.69) is 5.32 Å². The average Bonchev–Trinajstić information content (AvgIpc) is 2.92. The first-order valence-electron chi connectivity index (χ1n) is 5.83. The van der Waals surface area contributed by atoms with Gasteiger partial charge in [0, 0.05) is 13.0 Å². The van der Waals surface area contributed by atoms with Crippen LogP contribution < -0.4 is 5.32 Å². The molecule has 17 heavy (non-hydrogen) atoms. The lowest BCUT2D eigenvalue weighted by atomic mass is 10.0. The van der Waals surface area contributed by atoms with Crippen molar-refractivity contribution in [3.05, 3.63) is 0 Å². The minimum Gasteiger partial charge on any atom is -0.479 e. The minimum atomic E-state index is -1.34. The Balaban J connectivity index is 2.64. The van der Waals surface area contributed by atoms with Crippen LogP contribution in [0.4, 0.5) is 0 Å². The van der Waals surface area contributed by atoms with Gasteiger partial charge < -0.3 is 15.2 Å². The summed E-state index contributed by atoms with van der Waals surface area (Å²) in [5.74, 6) is -1.33. The van der Waals surface area contributed by atoms with E-state index in [9.17, 15) is 9.59 Å². The van der Waals surface area contributed by atoms with Gasteiger partial charge in [0.05, 0.1) is 6.61 Å². The third kappa shape index (κ3) is 2.77. The highest BCUT2D eigenvalue weighted by atomic mass is 16.5. The molecule has 0 aromatic carbocycles. The Morgan fingerprint density at radius 1 is 1.59 bits per heavy atom. The fourth-order valence-corrected chi connectivity index (χ4v) is 2.01. The quantitative estimate of drug-likeness (QED) is 0.730. The van der Waals surface area contributed by atoms with Crippen molar-refractivity contribution in [1.29, 1.82) is 0 Å². The molecule has 0 bridgehead atoms. The molecule has 1 aliphatic carbocycles. The highest BCUT2D eigenvalue weighted by Crippen LogP contribution is 2.54. The first-order valence-corrected chi connectivity index (χ1v) is 5.83. The van der Waals surface area contributed by atoms with E-state index in [1.807, 2.05) is 13.8 Å². The molecule has 1 amide bonds. The number of amides is 1. The molecule has 1 aliphatic rings. The fourth-order valence-electron chi connectivity index (χ4n) is 2.01. The standard InChI is InChI=1S/C12H21NO4/c1-5-11(2)6-8(11)9(14)13-12(3,7-17-4)10(15)16/h8H,5-7H2,1-4H3,(H,13,14)(H,15,16). The topological polar surface area (TPSA) is 75.6 Å². The molecule has 5 nitrogen and oxygen atoms in total. The van der Waals surface area contributed by atoms with Crippen LogP contribution in [0.3, 0.4) is 0 Å². The van der Waals surface area contributed by atoms with E-state index in [1.165, 1.54) is 14.0 Å². The smallest absolute Gasteiger partial charge is 0.331 e. The third-order valence-corrected chi connectivity index (χ3v) is 3.78. The zero-order valence-corrected chi connectivity index (χ0v) is 10.9. The van der Waals surface area contributed by atoms with Crippen LogP contribution in [0, 0.1) is 11.3 Å². The number of nitrogens with one attached hydrogen (secondary N) is 1. The van der Waals surface area contributed by atoms with Crippen LogP contribution in [0.5, 0.6) is 0 Å². The first kappa shape index (κ1) is 14.0. The second-order valence-electron chi connectivity index (χ2n) is 5.32. The Kier molecular flexibility index (Phi) is 3.81. The van der Waals surface area contributed by atoms with Gasteiger partial charge in [-0.2, -0.15) is 0 Å². The van der Waals surface area contributed by atoms with Gasteiger partial charge in [0.2, 0.25) is 5.91 Å². The molecule has 0 aromatic heterocycles. The van der Waals surface area contributed by atoms with E-state index in [4.69, 9.17) is 9.84 Å². The molecule has 1 saturated carbocycles. The van der Waals surface area contributed by atoms with Gasteiger partial charge in [-0.25, -0.2) is 4.79 Å². The maximum atomic E-state index is 11.9. The van der Waals surface area contributed by atoms with Gasteiger partial charge in [-0.15, -0.1) is 0 Å². The van der Waals surface area contributed by atoms with E-state index in [1.54, 1.807) is 0 Å². The van der Waals surface area contributed by atoms with Crippen LogP contribution in [0.15, 0.2) is 0 Å². The van der Waals surface area contributed by atoms with Gasteiger partial charge >= 0.3 is 5.97 Å². The van der Waals surface area contributed by atoms with Gasteiger partial charge in [0.15, 0.2) is 5.54 Å². The lowest BCUT2D eigenvalue weighted by Gasteiger charge is -2.25. The molecule has 1 rings (SSSR count). The molecular formula is C12H21NO4. The van der Waals surface area contributed by atoms with Crippen molar-refractivity contribution in [1.82, 2.24) is 5.32 Å². The maximum Gasteiger partial charge on any atom is 0.331 e. The van der Waals surface area contributed by atoms with Gasteiger partial charge in [-0.3, -0.25) is 4.79 Å². The number of carboxylic acid groups (broad SMARTS) is 1. The largest absolute Gasteiger partial charge is 0.479 e. The van der Waals surface area contributed by atoms with E-state index in [-0.39, 0.29) is 23.8 Å². The summed E-state index contributed by atoms with van der Waals surface area (Å²) in [5.41, 5.74) is -1.31. The van der Waals surface area contributed by atoms with Gasteiger partial charge in [0.25, 0.3) is 0 Å². The Labute approximate surface area is 102 Å². The number of carboxylic acids is 1. The second kappa shape index (κ2) is 4.64. The number of methoxy groups -OCH3 is 1. The lowest BCUT2D eigenvalue weighted by molar-refractivity contribution is -0.149. The molecule has 2 N–H and O–H groups in total. The summed E-state index contributed by atoms with van der Waals surface area (Å²) in [4.78, 5) is 23.1. The van der Waals surface area contributed by atoms with Crippen LogP contribution in [0.25, 0.3) is 0 Å². The molecule has 1 fully saturated rings. The van der Waals surface area contributed by atoms with E-state index in [0.717, 1.165) is 12.8 Å². The molecule has 0 aromatic rings. The van der Waals surface area contributed by atoms with Crippen molar-refractivity contribution in [2.75, 3.05) is 13.7 Å². The van der Waals surface area contributed by atoms with Crippen LogP contribution in [-0.4, -0.2) is 36.2 Å².